The Hall–Kier alpha value is -2.90. The van der Waals surface area contributed by atoms with E-state index < -0.39 is 4.92 Å². The number of aryl methyl sites for hydroxylation is 1. The van der Waals surface area contributed by atoms with Crippen molar-refractivity contribution < 1.29 is 9.72 Å². The topological polar surface area (TPSA) is 93.3 Å². The highest BCUT2D eigenvalue weighted by Crippen LogP contribution is 2.33. The summed E-state index contributed by atoms with van der Waals surface area (Å²) in [5.41, 5.74) is 2.03. The van der Waals surface area contributed by atoms with Crippen LogP contribution in [-0.4, -0.2) is 40.7 Å². The molecule has 0 radical (unpaired) electrons. The molecule has 2 aromatic rings. The lowest BCUT2D eigenvalue weighted by molar-refractivity contribution is -0.384. The first kappa shape index (κ1) is 16.9. The molecule has 1 aromatic carbocycles. The van der Waals surface area contributed by atoms with E-state index in [0.29, 0.717) is 17.2 Å². The normalized spacial score (nSPS) is 16.9. The van der Waals surface area contributed by atoms with Crippen molar-refractivity contribution >= 4 is 17.3 Å². The molecule has 1 unspecified atom stereocenters. The van der Waals surface area contributed by atoms with Crippen molar-refractivity contribution in [1.82, 2.24) is 15.1 Å². The average molecular weight is 343 g/mol. The van der Waals surface area contributed by atoms with E-state index in [1.807, 2.05) is 24.3 Å². The van der Waals surface area contributed by atoms with Gasteiger partial charge < -0.3 is 10.2 Å². The Kier molecular flexibility index (Phi) is 4.69. The van der Waals surface area contributed by atoms with Crippen LogP contribution in [0.5, 0.6) is 0 Å². The summed E-state index contributed by atoms with van der Waals surface area (Å²) in [4.78, 5) is 24.8. The quantitative estimate of drug-likeness (QED) is 0.659. The molecular formula is C17H21N5O3. The molecule has 1 aliphatic rings. The van der Waals surface area contributed by atoms with Gasteiger partial charge in [-0.05, 0) is 36.5 Å². The third kappa shape index (κ3) is 3.62. The summed E-state index contributed by atoms with van der Waals surface area (Å²) in [6.07, 6.45) is 5.75. The van der Waals surface area contributed by atoms with E-state index in [4.69, 9.17) is 0 Å². The third-order valence-electron chi connectivity index (χ3n) is 4.57. The van der Waals surface area contributed by atoms with Crippen molar-refractivity contribution in [2.45, 2.75) is 12.8 Å². The lowest BCUT2D eigenvalue weighted by Crippen LogP contribution is -2.22. The smallest absolute Gasteiger partial charge is 0.293 e. The van der Waals surface area contributed by atoms with E-state index in [-0.39, 0.29) is 11.6 Å². The summed E-state index contributed by atoms with van der Waals surface area (Å²) in [6.45, 7) is 1.53. The van der Waals surface area contributed by atoms with Gasteiger partial charge >= 0.3 is 0 Å². The molecule has 1 aliphatic heterocycles. The largest absolute Gasteiger partial charge is 0.366 e. The van der Waals surface area contributed by atoms with Crippen molar-refractivity contribution in [2.75, 3.05) is 25.0 Å². The fourth-order valence-electron chi connectivity index (χ4n) is 3.35. The van der Waals surface area contributed by atoms with Gasteiger partial charge in [0.1, 0.15) is 5.69 Å². The van der Waals surface area contributed by atoms with Gasteiger partial charge in [0, 0.05) is 45.0 Å². The van der Waals surface area contributed by atoms with Crippen molar-refractivity contribution in [3.63, 3.8) is 0 Å². The van der Waals surface area contributed by atoms with Crippen LogP contribution in [0.2, 0.25) is 0 Å². The molecule has 2 heterocycles. The number of carbonyl (C=O) groups is 1. The zero-order chi connectivity index (χ0) is 18.0. The van der Waals surface area contributed by atoms with Crippen LogP contribution in [-0.2, 0) is 13.5 Å². The molecule has 8 nitrogen and oxygen atoms in total. The second-order valence-corrected chi connectivity index (χ2v) is 6.37. The van der Waals surface area contributed by atoms with Gasteiger partial charge in [-0.2, -0.15) is 5.10 Å². The highest BCUT2D eigenvalue weighted by molar-refractivity contribution is 5.95. The highest BCUT2D eigenvalue weighted by Gasteiger charge is 2.28. The summed E-state index contributed by atoms with van der Waals surface area (Å²) in [5, 5.41) is 18.1. The van der Waals surface area contributed by atoms with Crippen LogP contribution in [0.25, 0.3) is 0 Å². The van der Waals surface area contributed by atoms with Crippen LogP contribution in [0, 0.1) is 16.0 Å². The number of carbonyl (C=O) groups excluding carboxylic acids is 1. The SMILES string of the molecule is CNC(=O)c1ccc(N2CCC(Cc3cnn(C)c3)C2)c([N+](=O)[O-])c1. The zero-order valence-corrected chi connectivity index (χ0v) is 14.3. The summed E-state index contributed by atoms with van der Waals surface area (Å²) in [7, 11) is 3.40. The van der Waals surface area contributed by atoms with Crippen molar-refractivity contribution in [3.05, 3.63) is 51.8 Å². The first-order valence-corrected chi connectivity index (χ1v) is 8.21. The molecule has 0 saturated carbocycles. The fraction of sp³-hybridized carbons (Fsp3) is 0.412. The molecule has 3 rings (SSSR count). The van der Waals surface area contributed by atoms with Crippen molar-refractivity contribution in [2.24, 2.45) is 13.0 Å². The molecule has 25 heavy (non-hydrogen) atoms. The molecule has 8 heteroatoms. The number of amides is 1. The Morgan fingerprint density at radius 2 is 2.28 bits per heavy atom. The minimum atomic E-state index is -0.420. The number of aromatic nitrogens is 2. The van der Waals surface area contributed by atoms with Gasteiger partial charge in [0.2, 0.25) is 0 Å². The Morgan fingerprint density at radius 1 is 1.48 bits per heavy atom. The van der Waals surface area contributed by atoms with Crippen LogP contribution in [0.3, 0.4) is 0 Å². The number of nitro benzene ring substituents is 1. The molecule has 1 atom stereocenters. The predicted octanol–water partition coefficient (Wildman–Crippen LogP) is 1.76. The molecule has 1 amide bonds. The maximum atomic E-state index is 11.7. The molecule has 0 spiro atoms. The molecule has 132 valence electrons. The molecule has 1 aromatic heterocycles. The standard InChI is InChI=1S/C17H21N5O3/c1-18-17(23)14-3-4-15(16(8-14)22(24)25)21-6-5-12(11-21)7-13-9-19-20(2)10-13/h3-4,8-10,12H,5-7,11H2,1-2H3,(H,18,23). The minimum Gasteiger partial charge on any atom is -0.366 e. The van der Waals surface area contributed by atoms with Crippen LogP contribution in [0.4, 0.5) is 11.4 Å². The number of anilines is 1. The van der Waals surface area contributed by atoms with Crippen LogP contribution >= 0.6 is 0 Å². The van der Waals surface area contributed by atoms with Gasteiger partial charge in [-0.15, -0.1) is 0 Å². The minimum absolute atomic E-state index is 0.0249. The van der Waals surface area contributed by atoms with Crippen LogP contribution < -0.4 is 10.2 Å². The first-order chi connectivity index (χ1) is 12.0. The van der Waals surface area contributed by atoms with E-state index in [9.17, 15) is 14.9 Å². The first-order valence-electron chi connectivity index (χ1n) is 8.21. The van der Waals surface area contributed by atoms with E-state index >= 15 is 0 Å². The summed E-state index contributed by atoms with van der Waals surface area (Å²) >= 11 is 0. The van der Waals surface area contributed by atoms with E-state index in [2.05, 4.69) is 10.4 Å². The summed E-state index contributed by atoms with van der Waals surface area (Å²) < 4.78 is 1.78. The van der Waals surface area contributed by atoms with Gasteiger partial charge in [0.25, 0.3) is 11.6 Å². The Bertz CT molecular complexity index is 801. The Labute approximate surface area is 145 Å². The monoisotopic (exact) mass is 343 g/mol. The number of benzene rings is 1. The zero-order valence-electron chi connectivity index (χ0n) is 14.3. The molecule has 1 saturated heterocycles. The molecule has 0 aliphatic carbocycles. The van der Waals surface area contributed by atoms with Gasteiger partial charge in [-0.1, -0.05) is 0 Å². The third-order valence-corrected chi connectivity index (χ3v) is 4.57. The predicted molar refractivity (Wildman–Crippen MR) is 93.7 cm³/mol. The van der Waals surface area contributed by atoms with Gasteiger partial charge in [-0.25, -0.2) is 0 Å². The second-order valence-electron chi connectivity index (χ2n) is 6.37. The molecule has 0 bridgehead atoms. The van der Waals surface area contributed by atoms with E-state index in [0.717, 1.165) is 25.9 Å². The number of hydrogen-bond acceptors (Lipinski definition) is 5. The molecular weight excluding hydrogens is 322 g/mol. The van der Waals surface area contributed by atoms with Gasteiger partial charge in [-0.3, -0.25) is 19.6 Å². The summed E-state index contributed by atoms with van der Waals surface area (Å²) in [5.74, 6) is 0.105. The maximum Gasteiger partial charge on any atom is 0.293 e. The van der Waals surface area contributed by atoms with Crippen LogP contribution in [0.1, 0.15) is 22.3 Å². The Morgan fingerprint density at radius 3 is 2.92 bits per heavy atom. The number of hydrogen-bond donors (Lipinski definition) is 1. The average Bonchev–Trinajstić information content (AvgIpc) is 3.23. The fourth-order valence-corrected chi connectivity index (χ4v) is 3.35. The number of rotatable bonds is 5. The highest BCUT2D eigenvalue weighted by atomic mass is 16.6. The second kappa shape index (κ2) is 6.92. The lowest BCUT2D eigenvalue weighted by Gasteiger charge is -2.19. The van der Waals surface area contributed by atoms with Gasteiger partial charge in [0.15, 0.2) is 0 Å². The maximum absolute atomic E-state index is 11.7. The Balaban J connectivity index is 1.77. The molecule has 1 N–H and O–H groups in total. The number of nitro groups is 1. The van der Waals surface area contributed by atoms with E-state index in [1.165, 1.54) is 18.7 Å². The van der Waals surface area contributed by atoms with Crippen molar-refractivity contribution in [3.8, 4) is 0 Å². The summed E-state index contributed by atoms with van der Waals surface area (Å²) in [6, 6.07) is 4.66. The van der Waals surface area contributed by atoms with Crippen LogP contribution in [0.15, 0.2) is 30.6 Å². The number of nitrogens with zero attached hydrogens (tertiary/aromatic N) is 4. The molecule has 1 fully saturated rings. The van der Waals surface area contributed by atoms with Gasteiger partial charge in [0.05, 0.1) is 11.1 Å². The number of nitrogens with one attached hydrogen (secondary N) is 1. The van der Waals surface area contributed by atoms with E-state index in [1.54, 1.807) is 16.8 Å². The van der Waals surface area contributed by atoms with Crippen molar-refractivity contribution in [1.29, 1.82) is 0 Å². The lowest BCUT2D eigenvalue weighted by atomic mass is 10.0.